The number of hydrogen-bond donors (Lipinski definition) is 1. The minimum atomic E-state index is -0.111. The third kappa shape index (κ3) is 0.842. The first kappa shape index (κ1) is 5.63. The molecule has 0 fully saturated rings. The Bertz CT molecular complexity index is 109. The summed E-state index contributed by atoms with van der Waals surface area (Å²) < 4.78 is 4.91. The van der Waals surface area contributed by atoms with Crippen LogP contribution in [0, 0.1) is 5.41 Å². The molecule has 0 bridgehead atoms. The highest BCUT2D eigenvalue weighted by Gasteiger charge is 2.23. The van der Waals surface area contributed by atoms with Crippen LogP contribution in [-0.2, 0) is 4.74 Å². The molecule has 1 aliphatic rings. The van der Waals surface area contributed by atoms with Crippen LogP contribution in [0.4, 0.5) is 0 Å². The van der Waals surface area contributed by atoms with Crippen LogP contribution in [0.15, 0.2) is 12.3 Å². The summed E-state index contributed by atoms with van der Waals surface area (Å²) in [6.07, 6.45) is 3.52. The lowest BCUT2D eigenvalue weighted by molar-refractivity contribution is 0.125. The van der Waals surface area contributed by atoms with Gasteiger partial charge in [-0.3, -0.25) is 0 Å². The second kappa shape index (κ2) is 1.78. The third-order valence-electron chi connectivity index (χ3n) is 1.34. The van der Waals surface area contributed by atoms with Gasteiger partial charge in [0.2, 0.25) is 0 Å². The van der Waals surface area contributed by atoms with Crippen LogP contribution >= 0.6 is 0 Å². The highest BCUT2D eigenvalue weighted by atomic mass is 16.5. The van der Waals surface area contributed by atoms with Gasteiger partial charge in [0, 0.05) is 5.41 Å². The summed E-state index contributed by atoms with van der Waals surface area (Å²) in [5.74, 6) is 0. The molecule has 8 heavy (non-hydrogen) atoms. The van der Waals surface area contributed by atoms with Gasteiger partial charge in [-0.1, -0.05) is 6.92 Å². The molecule has 1 N–H and O–H groups in total. The largest absolute Gasteiger partial charge is 0.501 e. The minimum Gasteiger partial charge on any atom is -0.501 e. The Balaban J connectivity index is 2.54. The molecule has 2 heteroatoms. The fraction of sp³-hybridized carbons (Fsp3) is 0.667. The maximum Gasteiger partial charge on any atom is 0.0984 e. The molecule has 0 aromatic heterocycles. The van der Waals surface area contributed by atoms with Gasteiger partial charge in [-0.15, -0.1) is 0 Å². The van der Waals surface area contributed by atoms with Crippen molar-refractivity contribution >= 4 is 0 Å². The van der Waals surface area contributed by atoms with E-state index in [1.54, 1.807) is 6.26 Å². The van der Waals surface area contributed by atoms with Crippen LogP contribution in [0.5, 0.6) is 0 Å². The van der Waals surface area contributed by atoms with Crippen molar-refractivity contribution in [2.45, 2.75) is 6.92 Å². The van der Waals surface area contributed by atoms with E-state index in [1.807, 2.05) is 13.0 Å². The molecule has 1 atom stereocenters. The zero-order valence-electron chi connectivity index (χ0n) is 4.92. The highest BCUT2D eigenvalue weighted by molar-refractivity contribution is 4.98. The van der Waals surface area contributed by atoms with Crippen molar-refractivity contribution in [3.63, 3.8) is 0 Å². The zero-order valence-corrected chi connectivity index (χ0v) is 4.92. The second-order valence-corrected chi connectivity index (χ2v) is 2.43. The van der Waals surface area contributed by atoms with Crippen LogP contribution in [-0.4, -0.2) is 18.3 Å². The van der Waals surface area contributed by atoms with Crippen molar-refractivity contribution in [3.8, 4) is 0 Å². The Labute approximate surface area is 48.8 Å². The van der Waals surface area contributed by atoms with E-state index in [9.17, 15) is 0 Å². The van der Waals surface area contributed by atoms with Gasteiger partial charge < -0.3 is 9.84 Å². The standard InChI is InChI=1S/C6H10O2/c1-6(4-7)2-3-8-5-6/h2-3,7H,4-5H2,1H3. The molecular weight excluding hydrogens is 104 g/mol. The van der Waals surface area contributed by atoms with Gasteiger partial charge in [0.25, 0.3) is 0 Å². The fourth-order valence-corrected chi connectivity index (χ4v) is 0.597. The molecule has 1 rings (SSSR count). The van der Waals surface area contributed by atoms with Crippen LogP contribution in [0.1, 0.15) is 6.92 Å². The predicted octanol–water partition coefficient (Wildman–Crippen LogP) is 0.529. The smallest absolute Gasteiger partial charge is 0.0984 e. The first-order valence-corrected chi connectivity index (χ1v) is 2.67. The molecule has 0 radical (unpaired) electrons. The average molecular weight is 114 g/mol. The van der Waals surface area contributed by atoms with Gasteiger partial charge in [0.05, 0.1) is 19.5 Å². The molecule has 46 valence electrons. The predicted molar refractivity (Wildman–Crippen MR) is 30.3 cm³/mol. The Morgan fingerprint density at radius 2 is 2.62 bits per heavy atom. The molecule has 0 amide bonds. The van der Waals surface area contributed by atoms with Crippen molar-refractivity contribution in [1.29, 1.82) is 0 Å². The van der Waals surface area contributed by atoms with Crippen molar-refractivity contribution < 1.29 is 9.84 Å². The highest BCUT2D eigenvalue weighted by Crippen LogP contribution is 2.22. The van der Waals surface area contributed by atoms with E-state index in [-0.39, 0.29) is 12.0 Å². The van der Waals surface area contributed by atoms with Gasteiger partial charge in [-0.25, -0.2) is 0 Å². The second-order valence-electron chi connectivity index (χ2n) is 2.43. The average Bonchev–Trinajstić information content (AvgIpc) is 2.17. The molecule has 0 saturated heterocycles. The van der Waals surface area contributed by atoms with Crippen molar-refractivity contribution in [3.05, 3.63) is 12.3 Å². The molecule has 2 nitrogen and oxygen atoms in total. The molecule has 1 heterocycles. The summed E-state index contributed by atoms with van der Waals surface area (Å²) in [5.41, 5.74) is -0.111. The molecule has 1 unspecified atom stereocenters. The first-order valence-electron chi connectivity index (χ1n) is 2.67. The van der Waals surface area contributed by atoms with Crippen LogP contribution < -0.4 is 0 Å². The Hall–Kier alpha value is -0.500. The maximum absolute atomic E-state index is 8.69. The van der Waals surface area contributed by atoms with Crippen molar-refractivity contribution in [1.82, 2.24) is 0 Å². The molecule has 1 aliphatic heterocycles. The SMILES string of the molecule is CC1(CO)C=COC1. The lowest BCUT2D eigenvalue weighted by Gasteiger charge is -2.14. The number of aliphatic hydroxyl groups is 1. The quantitative estimate of drug-likeness (QED) is 0.538. The van der Waals surface area contributed by atoms with E-state index in [1.165, 1.54) is 0 Å². The Morgan fingerprint density at radius 3 is 2.88 bits per heavy atom. The van der Waals surface area contributed by atoms with Crippen LogP contribution in [0.2, 0.25) is 0 Å². The molecule has 0 spiro atoms. The zero-order chi connectivity index (χ0) is 6.04. The van der Waals surface area contributed by atoms with E-state index in [0.29, 0.717) is 6.61 Å². The minimum absolute atomic E-state index is 0.111. The number of rotatable bonds is 1. The monoisotopic (exact) mass is 114 g/mol. The molecule has 0 aromatic carbocycles. The molecule has 0 aromatic rings. The van der Waals surface area contributed by atoms with E-state index >= 15 is 0 Å². The van der Waals surface area contributed by atoms with Gasteiger partial charge in [0.1, 0.15) is 0 Å². The number of aliphatic hydroxyl groups excluding tert-OH is 1. The molecule has 0 saturated carbocycles. The van der Waals surface area contributed by atoms with Crippen molar-refractivity contribution in [2.24, 2.45) is 5.41 Å². The fourth-order valence-electron chi connectivity index (χ4n) is 0.597. The van der Waals surface area contributed by atoms with E-state index in [2.05, 4.69) is 0 Å². The molecule has 0 aliphatic carbocycles. The summed E-state index contributed by atoms with van der Waals surface area (Å²) in [7, 11) is 0. The summed E-state index contributed by atoms with van der Waals surface area (Å²) in [6, 6.07) is 0. The Morgan fingerprint density at radius 1 is 1.88 bits per heavy atom. The van der Waals surface area contributed by atoms with Gasteiger partial charge in [-0.05, 0) is 6.08 Å². The van der Waals surface area contributed by atoms with E-state index < -0.39 is 0 Å². The normalized spacial score (nSPS) is 35.2. The topological polar surface area (TPSA) is 29.5 Å². The van der Waals surface area contributed by atoms with Crippen LogP contribution in [0.25, 0.3) is 0 Å². The van der Waals surface area contributed by atoms with E-state index in [0.717, 1.165) is 0 Å². The van der Waals surface area contributed by atoms with Gasteiger partial charge in [0.15, 0.2) is 0 Å². The van der Waals surface area contributed by atoms with Crippen molar-refractivity contribution in [2.75, 3.05) is 13.2 Å². The number of hydrogen-bond acceptors (Lipinski definition) is 2. The Kier molecular flexibility index (Phi) is 1.26. The third-order valence-corrected chi connectivity index (χ3v) is 1.34. The first-order chi connectivity index (χ1) is 3.77. The van der Waals surface area contributed by atoms with E-state index in [4.69, 9.17) is 9.84 Å². The lowest BCUT2D eigenvalue weighted by atomic mass is 9.95. The lowest BCUT2D eigenvalue weighted by Crippen LogP contribution is -2.19. The van der Waals surface area contributed by atoms with Gasteiger partial charge >= 0.3 is 0 Å². The summed E-state index contributed by atoms with van der Waals surface area (Å²) in [4.78, 5) is 0. The van der Waals surface area contributed by atoms with Crippen LogP contribution in [0.3, 0.4) is 0 Å². The number of ether oxygens (including phenoxy) is 1. The summed E-state index contributed by atoms with van der Waals surface area (Å²) in [6.45, 7) is 2.74. The summed E-state index contributed by atoms with van der Waals surface area (Å²) in [5, 5.41) is 8.69. The van der Waals surface area contributed by atoms with Gasteiger partial charge in [-0.2, -0.15) is 0 Å². The maximum atomic E-state index is 8.69. The molecular formula is C6H10O2. The summed E-state index contributed by atoms with van der Waals surface area (Å²) >= 11 is 0.